The fraction of sp³-hybridized carbons (Fsp3) is 0.935. The van der Waals surface area contributed by atoms with Crippen molar-refractivity contribution in [1.29, 1.82) is 0 Å². The minimum atomic E-state index is -0.870. The second-order valence-corrected chi connectivity index (χ2v) is 14.7. The molecule has 0 amide bonds. The highest BCUT2D eigenvalue weighted by Crippen LogP contribution is 2.67. The van der Waals surface area contributed by atoms with Crippen LogP contribution in [0.2, 0.25) is 0 Å². The zero-order chi connectivity index (χ0) is 25.8. The van der Waals surface area contributed by atoms with Gasteiger partial charge in [-0.3, -0.25) is 0 Å². The van der Waals surface area contributed by atoms with E-state index >= 15 is 0 Å². The topological polar surface area (TPSA) is 69.9 Å². The Balaban J connectivity index is 1.46. The molecule has 0 saturated heterocycles. The van der Waals surface area contributed by atoms with Crippen LogP contribution in [0.5, 0.6) is 0 Å². The lowest BCUT2D eigenvalue weighted by Crippen LogP contribution is -2.54. The maximum Gasteiger partial charge on any atom is 0.102 e. The van der Waals surface area contributed by atoms with Crippen LogP contribution in [0.4, 0.5) is 0 Å². The van der Waals surface area contributed by atoms with Gasteiger partial charge in [-0.2, -0.15) is 0 Å². The molecule has 3 fully saturated rings. The summed E-state index contributed by atoms with van der Waals surface area (Å²) < 4.78 is 6.01. The summed E-state index contributed by atoms with van der Waals surface area (Å²) in [4.78, 5) is 0. The number of allylic oxidation sites excluding steroid dienone is 1. The number of ether oxygens (including phenoxy) is 1. The molecule has 9 atom stereocenters. The lowest BCUT2D eigenvalue weighted by molar-refractivity contribution is -0.120. The number of aliphatic hydroxyl groups is 3. The van der Waals surface area contributed by atoms with Crippen molar-refractivity contribution < 1.29 is 20.1 Å². The molecule has 4 rings (SSSR count). The van der Waals surface area contributed by atoms with Crippen LogP contribution >= 0.6 is 0 Å². The van der Waals surface area contributed by atoms with Gasteiger partial charge in [-0.1, -0.05) is 39.7 Å². The molecular weight excluding hydrogens is 436 g/mol. The third kappa shape index (κ3) is 5.42. The van der Waals surface area contributed by atoms with Crippen LogP contribution in [0, 0.1) is 40.4 Å². The van der Waals surface area contributed by atoms with Gasteiger partial charge in [0.2, 0.25) is 0 Å². The Hall–Kier alpha value is -0.420. The highest BCUT2D eigenvalue weighted by Gasteiger charge is 2.60. The maximum absolute atomic E-state index is 11.3. The summed E-state index contributed by atoms with van der Waals surface area (Å²) in [7, 11) is 0. The van der Waals surface area contributed by atoms with Crippen molar-refractivity contribution in [2.24, 2.45) is 40.4 Å². The molecule has 0 bridgehead atoms. The molecule has 4 aliphatic rings. The molecule has 3 saturated carbocycles. The molecule has 0 radical (unpaired) electrons. The van der Waals surface area contributed by atoms with Gasteiger partial charge in [-0.05, 0) is 125 Å². The predicted octanol–water partition coefficient (Wildman–Crippen LogP) is 6.27. The Kier molecular flexibility index (Phi) is 7.66. The predicted molar refractivity (Wildman–Crippen MR) is 142 cm³/mol. The molecule has 3 N–H and O–H groups in total. The smallest absolute Gasteiger partial charge is 0.102 e. The molecular formula is C31H54O4. The van der Waals surface area contributed by atoms with Gasteiger partial charge < -0.3 is 20.1 Å². The van der Waals surface area contributed by atoms with Crippen LogP contribution in [-0.2, 0) is 4.74 Å². The second kappa shape index (κ2) is 9.71. The van der Waals surface area contributed by atoms with Crippen molar-refractivity contribution in [2.45, 2.75) is 136 Å². The Morgan fingerprint density at radius 3 is 2.37 bits per heavy atom. The lowest BCUT2D eigenvalue weighted by Gasteiger charge is -2.59. The van der Waals surface area contributed by atoms with Gasteiger partial charge in [0, 0.05) is 0 Å². The standard InChI is InChI=1S/C31H54O4/c1-20(9-8-16-28(2,3)33)22-12-13-23-21-10-11-25-27(32)26(35-19-29(4,5)34)15-18-31(25,7)24(21)14-17-30(22,23)6/h11,20-24,26-27,32-34H,8-10,12-19H2,1-7H3/t20-,21+,22-,23+,24+,26+,27+,30-,31-/m1/s1. The normalized spacial score (nSPS) is 42.6. The van der Waals surface area contributed by atoms with E-state index in [1.54, 1.807) is 13.8 Å². The van der Waals surface area contributed by atoms with Crippen molar-refractivity contribution >= 4 is 0 Å². The third-order valence-electron chi connectivity index (χ3n) is 11.0. The monoisotopic (exact) mass is 490 g/mol. The van der Waals surface area contributed by atoms with E-state index in [0.717, 1.165) is 55.8 Å². The first-order valence-electron chi connectivity index (χ1n) is 14.6. The molecule has 0 aromatic carbocycles. The van der Waals surface area contributed by atoms with Gasteiger partial charge in [0.15, 0.2) is 0 Å². The first-order valence-corrected chi connectivity index (χ1v) is 14.6. The maximum atomic E-state index is 11.3. The molecule has 4 nitrogen and oxygen atoms in total. The SMILES string of the molecule is C[C@H](CCCC(C)(C)O)[C@H]1CC[C@H]2[C@@H]3CC=C4[C@H](O)[C@@H](OCC(C)(C)O)CC[C@]4(C)[C@H]3CC[C@]12C. The highest BCUT2D eigenvalue weighted by atomic mass is 16.5. The van der Waals surface area contributed by atoms with E-state index in [4.69, 9.17) is 4.74 Å². The summed E-state index contributed by atoms with van der Waals surface area (Å²) in [6.07, 6.45) is 13.3. The average Bonchev–Trinajstić information content (AvgIpc) is 3.09. The van der Waals surface area contributed by atoms with E-state index in [1.807, 2.05) is 13.8 Å². The fourth-order valence-electron chi connectivity index (χ4n) is 9.22. The molecule has 0 heterocycles. The van der Waals surface area contributed by atoms with Crippen LogP contribution < -0.4 is 0 Å². The fourth-order valence-corrected chi connectivity index (χ4v) is 9.22. The molecule has 0 unspecified atom stereocenters. The first-order chi connectivity index (χ1) is 16.2. The highest BCUT2D eigenvalue weighted by molar-refractivity contribution is 5.29. The van der Waals surface area contributed by atoms with Gasteiger partial charge in [-0.25, -0.2) is 0 Å². The lowest BCUT2D eigenvalue weighted by atomic mass is 9.46. The molecule has 0 spiro atoms. The van der Waals surface area contributed by atoms with Crippen molar-refractivity contribution in [3.63, 3.8) is 0 Å². The minimum Gasteiger partial charge on any atom is -0.390 e. The Morgan fingerprint density at radius 2 is 1.71 bits per heavy atom. The van der Waals surface area contributed by atoms with Gasteiger partial charge in [0.25, 0.3) is 0 Å². The van der Waals surface area contributed by atoms with Crippen molar-refractivity contribution in [3.8, 4) is 0 Å². The molecule has 4 aliphatic carbocycles. The molecule has 4 heteroatoms. The number of hydrogen-bond acceptors (Lipinski definition) is 4. The number of rotatable bonds is 8. The van der Waals surface area contributed by atoms with Gasteiger partial charge in [-0.15, -0.1) is 0 Å². The van der Waals surface area contributed by atoms with Crippen molar-refractivity contribution in [1.82, 2.24) is 0 Å². The largest absolute Gasteiger partial charge is 0.390 e. The Bertz CT molecular complexity index is 776. The summed E-state index contributed by atoms with van der Waals surface area (Å²) in [5.74, 6) is 3.70. The summed E-state index contributed by atoms with van der Waals surface area (Å²) in [5, 5.41) is 31.6. The van der Waals surface area contributed by atoms with Crippen molar-refractivity contribution in [3.05, 3.63) is 11.6 Å². The molecule has 0 aromatic heterocycles. The number of hydrogen-bond donors (Lipinski definition) is 3. The zero-order valence-corrected chi connectivity index (χ0v) is 23.6. The minimum absolute atomic E-state index is 0.0780. The van der Waals surface area contributed by atoms with Crippen LogP contribution in [0.15, 0.2) is 11.6 Å². The second-order valence-electron chi connectivity index (χ2n) is 14.7. The van der Waals surface area contributed by atoms with E-state index in [-0.39, 0.29) is 18.1 Å². The van der Waals surface area contributed by atoms with Crippen molar-refractivity contribution in [2.75, 3.05) is 6.61 Å². The number of fused-ring (bicyclic) bond motifs is 5. The molecule has 0 aromatic rings. The van der Waals surface area contributed by atoms with E-state index < -0.39 is 17.3 Å². The van der Waals surface area contributed by atoms with Crippen LogP contribution in [0.3, 0.4) is 0 Å². The van der Waals surface area contributed by atoms with E-state index in [9.17, 15) is 15.3 Å². The first kappa shape index (κ1) is 27.6. The van der Waals surface area contributed by atoms with Gasteiger partial charge in [0.1, 0.15) is 6.10 Å². The molecule has 202 valence electrons. The molecule has 35 heavy (non-hydrogen) atoms. The van der Waals surface area contributed by atoms with Gasteiger partial charge in [0.05, 0.1) is 23.9 Å². The van der Waals surface area contributed by atoms with E-state index in [2.05, 4.69) is 26.8 Å². The quantitative estimate of drug-likeness (QED) is 0.351. The van der Waals surface area contributed by atoms with Crippen LogP contribution in [0.1, 0.15) is 113 Å². The third-order valence-corrected chi connectivity index (χ3v) is 11.0. The Labute approximate surface area is 214 Å². The summed E-state index contributed by atoms with van der Waals surface area (Å²) in [6.45, 7) is 15.2. The van der Waals surface area contributed by atoms with E-state index in [1.165, 1.54) is 37.7 Å². The van der Waals surface area contributed by atoms with Gasteiger partial charge >= 0.3 is 0 Å². The van der Waals surface area contributed by atoms with E-state index in [0.29, 0.717) is 11.3 Å². The summed E-state index contributed by atoms with van der Waals surface area (Å²) >= 11 is 0. The number of aliphatic hydroxyl groups excluding tert-OH is 1. The summed E-state index contributed by atoms with van der Waals surface area (Å²) in [6, 6.07) is 0. The van der Waals surface area contributed by atoms with Crippen LogP contribution in [0.25, 0.3) is 0 Å². The molecule has 0 aliphatic heterocycles. The Morgan fingerprint density at radius 1 is 1.00 bits per heavy atom. The van der Waals surface area contributed by atoms with Crippen LogP contribution in [-0.4, -0.2) is 45.3 Å². The zero-order valence-electron chi connectivity index (χ0n) is 23.6. The average molecular weight is 491 g/mol. The summed E-state index contributed by atoms with van der Waals surface area (Å²) in [5.41, 5.74) is 0.316.